The van der Waals surface area contributed by atoms with Crippen LogP contribution in [0.4, 0.5) is 0 Å². The Morgan fingerprint density at radius 2 is 1.94 bits per heavy atom. The highest BCUT2D eigenvalue weighted by Gasteiger charge is 2.10. The first-order chi connectivity index (χ1) is 8.58. The zero-order valence-electron chi connectivity index (χ0n) is 10.4. The van der Waals surface area contributed by atoms with Crippen molar-refractivity contribution in [2.45, 2.75) is 19.3 Å². The molecule has 0 radical (unpaired) electrons. The molecule has 0 unspecified atom stereocenters. The van der Waals surface area contributed by atoms with Gasteiger partial charge in [0.2, 0.25) is 0 Å². The van der Waals surface area contributed by atoms with E-state index in [4.69, 9.17) is 4.74 Å². The molecule has 0 atom stereocenters. The monoisotopic (exact) mass is 314 g/mol. The Morgan fingerprint density at radius 1 is 1.22 bits per heavy atom. The van der Waals surface area contributed by atoms with Gasteiger partial charge < -0.3 is 9.47 Å². The minimum absolute atomic E-state index is 0.00953. The third-order valence-electron chi connectivity index (χ3n) is 2.49. The molecule has 0 aromatic heterocycles. The fourth-order valence-corrected chi connectivity index (χ4v) is 1.88. The standard InChI is InChI=1S/C13H15BrO4/c1-17-12-8-9(6-7-10(12)14)11(15)4-3-5-13(16)18-2/h6-8H,3-5H2,1-2H3. The van der Waals surface area contributed by atoms with Gasteiger partial charge in [0, 0.05) is 18.4 Å². The molecule has 0 spiro atoms. The molecule has 18 heavy (non-hydrogen) atoms. The first-order valence-corrected chi connectivity index (χ1v) is 6.31. The summed E-state index contributed by atoms with van der Waals surface area (Å²) in [4.78, 5) is 22.8. The summed E-state index contributed by atoms with van der Waals surface area (Å²) in [6, 6.07) is 5.18. The summed E-state index contributed by atoms with van der Waals surface area (Å²) in [6.07, 6.45) is 1.07. The molecule has 98 valence electrons. The Hall–Kier alpha value is -1.36. The summed E-state index contributed by atoms with van der Waals surface area (Å²) in [6.45, 7) is 0. The third kappa shape index (κ3) is 4.14. The minimum atomic E-state index is -0.295. The lowest BCUT2D eigenvalue weighted by Crippen LogP contribution is -2.04. The van der Waals surface area contributed by atoms with Crippen LogP contribution in [0.3, 0.4) is 0 Å². The van der Waals surface area contributed by atoms with Gasteiger partial charge >= 0.3 is 5.97 Å². The fourth-order valence-electron chi connectivity index (χ4n) is 1.47. The third-order valence-corrected chi connectivity index (χ3v) is 3.14. The van der Waals surface area contributed by atoms with Crippen molar-refractivity contribution in [2.24, 2.45) is 0 Å². The lowest BCUT2D eigenvalue weighted by atomic mass is 10.1. The van der Waals surface area contributed by atoms with Crippen LogP contribution in [-0.4, -0.2) is 26.0 Å². The van der Waals surface area contributed by atoms with Gasteiger partial charge in [-0.25, -0.2) is 0 Å². The smallest absolute Gasteiger partial charge is 0.305 e. The van der Waals surface area contributed by atoms with Crippen molar-refractivity contribution in [3.63, 3.8) is 0 Å². The van der Waals surface area contributed by atoms with Gasteiger partial charge in [-0.05, 0) is 34.5 Å². The van der Waals surface area contributed by atoms with Gasteiger partial charge in [0.15, 0.2) is 5.78 Å². The molecular weight excluding hydrogens is 300 g/mol. The predicted octanol–water partition coefficient (Wildman–Crippen LogP) is 2.98. The second kappa shape index (κ2) is 7.16. The van der Waals surface area contributed by atoms with E-state index in [1.807, 2.05) is 0 Å². The van der Waals surface area contributed by atoms with E-state index in [0.717, 1.165) is 4.47 Å². The largest absolute Gasteiger partial charge is 0.496 e. The SMILES string of the molecule is COC(=O)CCCC(=O)c1ccc(Br)c(OC)c1. The molecule has 0 N–H and O–H groups in total. The highest BCUT2D eigenvalue weighted by atomic mass is 79.9. The minimum Gasteiger partial charge on any atom is -0.496 e. The number of methoxy groups -OCH3 is 2. The molecule has 0 saturated carbocycles. The second-order valence-corrected chi connectivity index (χ2v) is 4.56. The first-order valence-electron chi connectivity index (χ1n) is 5.52. The molecule has 0 aliphatic rings. The van der Waals surface area contributed by atoms with E-state index in [0.29, 0.717) is 24.2 Å². The van der Waals surface area contributed by atoms with Crippen LogP contribution in [0.25, 0.3) is 0 Å². The van der Waals surface area contributed by atoms with Crippen LogP contribution in [0.15, 0.2) is 22.7 Å². The maximum absolute atomic E-state index is 11.9. The van der Waals surface area contributed by atoms with Gasteiger partial charge in [0.1, 0.15) is 5.75 Å². The number of ether oxygens (including phenoxy) is 2. The number of carbonyl (C=O) groups excluding carboxylic acids is 2. The zero-order chi connectivity index (χ0) is 13.5. The summed E-state index contributed by atoms with van der Waals surface area (Å²) in [7, 11) is 2.88. The summed E-state index contributed by atoms with van der Waals surface area (Å²) in [5.41, 5.74) is 0.583. The lowest BCUT2D eigenvalue weighted by Gasteiger charge is -2.06. The average Bonchev–Trinajstić information content (AvgIpc) is 2.38. The van der Waals surface area contributed by atoms with E-state index in [1.54, 1.807) is 25.3 Å². The summed E-state index contributed by atoms with van der Waals surface area (Å²) >= 11 is 3.32. The number of benzene rings is 1. The molecule has 0 saturated heterocycles. The van der Waals surface area contributed by atoms with Gasteiger partial charge in [-0.2, -0.15) is 0 Å². The van der Waals surface area contributed by atoms with Crippen LogP contribution in [0, 0.1) is 0 Å². The molecule has 4 nitrogen and oxygen atoms in total. The van der Waals surface area contributed by atoms with Crippen LogP contribution in [-0.2, 0) is 9.53 Å². The quantitative estimate of drug-likeness (QED) is 0.598. The summed E-state index contributed by atoms with van der Waals surface area (Å²) in [5.74, 6) is 0.315. The summed E-state index contributed by atoms with van der Waals surface area (Å²) < 4.78 is 10.4. The molecular formula is C13H15BrO4. The molecule has 1 aromatic rings. The molecule has 0 aliphatic heterocycles. The molecule has 0 amide bonds. The normalized spacial score (nSPS) is 9.94. The number of halogens is 1. The number of hydrogen-bond donors (Lipinski definition) is 0. The van der Waals surface area contributed by atoms with Gasteiger partial charge in [0.05, 0.1) is 18.7 Å². The molecule has 0 fully saturated rings. The molecule has 1 rings (SSSR count). The maximum Gasteiger partial charge on any atom is 0.305 e. The van der Waals surface area contributed by atoms with Crippen LogP contribution in [0.1, 0.15) is 29.6 Å². The summed E-state index contributed by atoms with van der Waals surface area (Å²) in [5, 5.41) is 0. The topological polar surface area (TPSA) is 52.6 Å². The van der Waals surface area contributed by atoms with Gasteiger partial charge in [-0.3, -0.25) is 9.59 Å². The van der Waals surface area contributed by atoms with Crippen LogP contribution in [0.5, 0.6) is 5.75 Å². The number of carbonyl (C=O) groups is 2. The Balaban J connectivity index is 2.59. The number of esters is 1. The van der Waals surface area contributed by atoms with Crippen LogP contribution >= 0.6 is 15.9 Å². The van der Waals surface area contributed by atoms with E-state index >= 15 is 0 Å². The number of hydrogen-bond acceptors (Lipinski definition) is 4. The van der Waals surface area contributed by atoms with Crippen LogP contribution < -0.4 is 4.74 Å². The lowest BCUT2D eigenvalue weighted by molar-refractivity contribution is -0.140. The van der Waals surface area contributed by atoms with E-state index < -0.39 is 0 Å². The van der Waals surface area contributed by atoms with Crippen molar-refractivity contribution in [3.8, 4) is 5.75 Å². The Morgan fingerprint density at radius 3 is 2.56 bits per heavy atom. The Kier molecular flexibility index (Phi) is 5.85. The van der Waals surface area contributed by atoms with Crippen molar-refractivity contribution >= 4 is 27.7 Å². The van der Waals surface area contributed by atoms with Gasteiger partial charge in [-0.1, -0.05) is 6.07 Å². The number of rotatable bonds is 6. The van der Waals surface area contributed by atoms with Gasteiger partial charge in [0.25, 0.3) is 0 Å². The molecule has 0 bridgehead atoms. The predicted molar refractivity (Wildman–Crippen MR) is 70.9 cm³/mol. The van der Waals surface area contributed by atoms with E-state index in [9.17, 15) is 9.59 Å². The Bertz CT molecular complexity index is 443. The molecule has 0 heterocycles. The van der Waals surface area contributed by atoms with E-state index in [1.165, 1.54) is 7.11 Å². The zero-order valence-corrected chi connectivity index (χ0v) is 12.0. The molecule has 5 heteroatoms. The Labute approximate surface area is 114 Å². The highest BCUT2D eigenvalue weighted by molar-refractivity contribution is 9.10. The molecule has 1 aromatic carbocycles. The van der Waals surface area contributed by atoms with E-state index in [2.05, 4.69) is 20.7 Å². The van der Waals surface area contributed by atoms with Crippen molar-refractivity contribution < 1.29 is 19.1 Å². The fraction of sp³-hybridized carbons (Fsp3) is 0.385. The van der Waals surface area contributed by atoms with E-state index in [-0.39, 0.29) is 18.2 Å². The average molecular weight is 315 g/mol. The van der Waals surface area contributed by atoms with Crippen LogP contribution in [0.2, 0.25) is 0 Å². The first kappa shape index (κ1) is 14.7. The van der Waals surface area contributed by atoms with Crippen molar-refractivity contribution in [3.05, 3.63) is 28.2 Å². The number of Topliss-reactive ketones (excluding diaryl/α,β-unsaturated/α-hetero) is 1. The van der Waals surface area contributed by atoms with Gasteiger partial charge in [-0.15, -0.1) is 0 Å². The maximum atomic E-state index is 11.9. The second-order valence-electron chi connectivity index (χ2n) is 3.70. The highest BCUT2D eigenvalue weighted by Crippen LogP contribution is 2.26. The van der Waals surface area contributed by atoms with Crippen molar-refractivity contribution in [1.82, 2.24) is 0 Å². The van der Waals surface area contributed by atoms with Crippen molar-refractivity contribution in [1.29, 1.82) is 0 Å². The van der Waals surface area contributed by atoms with Crippen molar-refractivity contribution in [2.75, 3.05) is 14.2 Å². The molecule has 0 aliphatic carbocycles. The number of ketones is 1.